The van der Waals surface area contributed by atoms with Crippen LogP contribution in [0.2, 0.25) is 0 Å². The normalized spacial score (nSPS) is 11.9. The van der Waals surface area contributed by atoms with Crippen molar-refractivity contribution in [3.63, 3.8) is 0 Å². The van der Waals surface area contributed by atoms with Gasteiger partial charge in [0.25, 0.3) is 0 Å². The van der Waals surface area contributed by atoms with Crippen molar-refractivity contribution in [2.75, 3.05) is 13.2 Å². The fraction of sp³-hybridized carbons (Fsp3) is 0.520. The molecule has 2 aromatic carbocycles. The summed E-state index contributed by atoms with van der Waals surface area (Å²) in [6, 6.07) is 13.1. The lowest BCUT2D eigenvalue weighted by Crippen LogP contribution is -1.97. The van der Waals surface area contributed by atoms with Crippen LogP contribution < -0.4 is 9.47 Å². The molecule has 0 fully saturated rings. The molecule has 0 radical (unpaired) electrons. The molecule has 0 heterocycles. The Labute approximate surface area is 164 Å². The van der Waals surface area contributed by atoms with Crippen molar-refractivity contribution in [1.29, 1.82) is 0 Å². The highest BCUT2D eigenvalue weighted by atomic mass is 16.5. The zero-order valence-corrected chi connectivity index (χ0v) is 17.1. The maximum atomic E-state index is 5.99. The van der Waals surface area contributed by atoms with Gasteiger partial charge in [0.1, 0.15) is 11.5 Å². The van der Waals surface area contributed by atoms with Gasteiger partial charge in [0.15, 0.2) is 0 Å². The van der Waals surface area contributed by atoms with Gasteiger partial charge in [-0.05, 0) is 65.8 Å². The van der Waals surface area contributed by atoms with E-state index in [0.717, 1.165) is 44.0 Å². The number of hydrogen-bond donors (Lipinski definition) is 0. The van der Waals surface area contributed by atoms with E-state index in [-0.39, 0.29) is 0 Å². The summed E-state index contributed by atoms with van der Waals surface area (Å²) in [6.45, 7) is 6.11. The van der Waals surface area contributed by atoms with E-state index in [2.05, 4.69) is 50.2 Å². The Kier molecular flexibility index (Phi) is 7.62. The molecular weight excluding hydrogens is 332 g/mol. The molecule has 0 aliphatic heterocycles. The molecule has 2 heteroatoms. The maximum absolute atomic E-state index is 5.99. The van der Waals surface area contributed by atoms with Crippen LogP contribution in [0.5, 0.6) is 11.5 Å². The molecule has 0 spiro atoms. The minimum Gasteiger partial charge on any atom is -0.494 e. The Morgan fingerprint density at radius 3 is 1.67 bits per heavy atom. The summed E-state index contributed by atoms with van der Waals surface area (Å²) in [5.74, 6) is 2.01. The number of rotatable bonds is 12. The van der Waals surface area contributed by atoms with E-state index in [0.29, 0.717) is 0 Å². The Morgan fingerprint density at radius 2 is 1.11 bits per heavy atom. The third-order valence-electron chi connectivity index (χ3n) is 5.36. The lowest BCUT2D eigenvalue weighted by Gasteiger charge is -2.09. The van der Waals surface area contributed by atoms with E-state index in [1.165, 1.54) is 60.8 Å². The van der Waals surface area contributed by atoms with Crippen molar-refractivity contribution < 1.29 is 9.47 Å². The zero-order valence-electron chi connectivity index (χ0n) is 17.1. The first-order valence-corrected chi connectivity index (χ1v) is 10.8. The van der Waals surface area contributed by atoms with Gasteiger partial charge in [0.2, 0.25) is 0 Å². The summed E-state index contributed by atoms with van der Waals surface area (Å²) in [6.07, 6.45) is 10.9. The fourth-order valence-electron chi connectivity index (χ4n) is 3.78. The summed E-state index contributed by atoms with van der Waals surface area (Å²) in [5.41, 5.74) is 5.43. The van der Waals surface area contributed by atoms with Crippen molar-refractivity contribution in [2.24, 2.45) is 0 Å². The molecule has 2 aromatic rings. The molecule has 0 saturated heterocycles. The fourth-order valence-corrected chi connectivity index (χ4v) is 3.78. The quantitative estimate of drug-likeness (QED) is 0.316. The molecule has 0 unspecified atom stereocenters. The van der Waals surface area contributed by atoms with Crippen LogP contribution in [0.25, 0.3) is 11.1 Å². The third kappa shape index (κ3) is 5.51. The Bertz CT molecular complexity index is 720. The van der Waals surface area contributed by atoms with Crippen LogP contribution in [0.3, 0.4) is 0 Å². The van der Waals surface area contributed by atoms with E-state index in [1.807, 2.05) is 0 Å². The van der Waals surface area contributed by atoms with Crippen molar-refractivity contribution in [2.45, 2.75) is 71.6 Å². The second-order valence-corrected chi connectivity index (χ2v) is 7.63. The standard InChI is InChI=1S/C25H34O2/c1-3-5-7-8-10-16-27-23-12-14-25-21(19-23)17-20-18-22(11-13-24(20)25)26-15-9-6-4-2/h11-14,18-19H,3-10,15-17H2,1-2H3. The van der Waals surface area contributed by atoms with E-state index in [9.17, 15) is 0 Å². The molecule has 27 heavy (non-hydrogen) atoms. The summed E-state index contributed by atoms with van der Waals surface area (Å²) in [5, 5.41) is 0. The minimum absolute atomic E-state index is 0.815. The molecule has 0 bridgehead atoms. The van der Waals surface area contributed by atoms with Gasteiger partial charge in [-0.3, -0.25) is 0 Å². The predicted octanol–water partition coefficient (Wildman–Crippen LogP) is 7.18. The average molecular weight is 367 g/mol. The van der Waals surface area contributed by atoms with Gasteiger partial charge < -0.3 is 9.47 Å². The highest BCUT2D eigenvalue weighted by molar-refractivity contribution is 5.78. The monoisotopic (exact) mass is 366 g/mol. The SMILES string of the molecule is CCCCCCCOc1ccc2c(c1)Cc1cc(OCCCCC)ccc1-2. The topological polar surface area (TPSA) is 18.5 Å². The zero-order chi connectivity index (χ0) is 18.9. The lowest BCUT2D eigenvalue weighted by molar-refractivity contribution is 0.304. The summed E-state index contributed by atoms with van der Waals surface area (Å²) in [7, 11) is 0. The van der Waals surface area contributed by atoms with Gasteiger partial charge in [-0.25, -0.2) is 0 Å². The van der Waals surface area contributed by atoms with Crippen molar-refractivity contribution in [3.05, 3.63) is 47.5 Å². The lowest BCUT2D eigenvalue weighted by atomic mass is 10.1. The molecule has 1 aliphatic carbocycles. The van der Waals surface area contributed by atoms with Crippen molar-refractivity contribution in [3.8, 4) is 22.6 Å². The number of benzene rings is 2. The van der Waals surface area contributed by atoms with Crippen LogP contribution in [0.4, 0.5) is 0 Å². The summed E-state index contributed by atoms with van der Waals surface area (Å²) in [4.78, 5) is 0. The van der Waals surface area contributed by atoms with Gasteiger partial charge in [-0.2, -0.15) is 0 Å². The number of ether oxygens (including phenoxy) is 2. The molecule has 1 aliphatic rings. The van der Waals surface area contributed by atoms with Gasteiger partial charge >= 0.3 is 0 Å². The largest absolute Gasteiger partial charge is 0.494 e. The first kappa shape index (κ1) is 19.8. The maximum Gasteiger partial charge on any atom is 0.119 e. The van der Waals surface area contributed by atoms with Crippen LogP contribution in [-0.2, 0) is 6.42 Å². The predicted molar refractivity (Wildman–Crippen MR) is 114 cm³/mol. The van der Waals surface area contributed by atoms with E-state index < -0.39 is 0 Å². The first-order chi connectivity index (χ1) is 13.3. The highest BCUT2D eigenvalue weighted by Crippen LogP contribution is 2.39. The molecule has 2 nitrogen and oxygen atoms in total. The average Bonchev–Trinajstić information content (AvgIpc) is 3.05. The molecule has 0 aromatic heterocycles. The van der Waals surface area contributed by atoms with E-state index >= 15 is 0 Å². The summed E-state index contributed by atoms with van der Waals surface area (Å²) >= 11 is 0. The smallest absolute Gasteiger partial charge is 0.119 e. The van der Waals surface area contributed by atoms with Crippen LogP contribution in [0.1, 0.15) is 76.3 Å². The Hall–Kier alpha value is -1.96. The molecule has 0 atom stereocenters. The first-order valence-electron chi connectivity index (χ1n) is 10.8. The van der Waals surface area contributed by atoms with E-state index in [4.69, 9.17) is 9.47 Å². The molecule has 146 valence electrons. The van der Waals surface area contributed by atoms with Gasteiger partial charge in [0, 0.05) is 0 Å². The van der Waals surface area contributed by atoms with Crippen molar-refractivity contribution >= 4 is 0 Å². The second-order valence-electron chi connectivity index (χ2n) is 7.63. The minimum atomic E-state index is 0.815. The van der Waals surface area contributed by atoms with E-state index in [1.54, 1.807) is 0 Å². The second kappa shape index (κ2) is 10.4. The van der Waals surface area contributed by atoms with Gasteiger partial charge in [-0.1, -0.05) is 64.5 Å². The van der Waals surface area contributed by atoms with Gasteiger partial charge in [0.05, 0.1) is 13.2 Å². The van der Waals surface area contributed by atoms with Crippen LogP contribution in [-0.4, -0.2) is 13.2 Å². The Balaban J connectivity index is 1.54. The van der Waals surface area contributed by atoms with Crippen LogP contribution in [0, 0.1) is 0 Å². The number of unbranched alkanes of at least 4 members (excludes halogenated alkanes) is 6. The van der Waals surface area contributed by atoms with Crippen LogP contribution >= 0.6 is 0 Å². The molecule has 0 saturated carbocycles. The number of fused-ring (bicyclic) bond motifs is 3. The Morgan fingerprint density at radius 1 is 0.630 bits per heavy atom. The molecular formula is C25H34O2. The van der Waals surface area contributed by atoms with Gasteiger partial charge in [-0.15, -0.1) is 0 Å². The number of hydrogen-bond acceptors (Lipinski definition) is 2. The molecule has 0 amide bonds. The van der Waals surface area contributed by atoms with Crippen LogP contribution in [0.15, 0.2) is 36.4 Å². The highest BCUT2D eigenvalue weighted by Gasteiger charge is 2.19. The third-order valence-corrected chi connectivity index (χ3v) is 5.36. The molecule has 3 rings (SSSR count). The van der Waals surface area contributed by atoms with Crippen molar-refractivity contribution in [1.82, 2.24) is 0 Å². The molecule has 0 N–H and O–H groups in total. The summed E-state index contributed by atoms with van der Waals surface area (Å²) < 4.78 is 11.9.